The number of hydrogen-bond donors (Lipinski definition) is 3. The first-order chi connectivity index (χ1) is 8.30. The van der Waals surface area contributed by atoms with Gasteiger partial charge in [-0.2, -0.15) is 0 Å². The van der Waals surface area contributed by atoms with Crippen molar-refractivity contribution in [1.29, 1.82) is 0 Å². The molecule has 0 radical (unpaired) electrons. The fourth-order valence-electron chi connectivity index (χ4n) is 1.25. The van der Waals surface area contributed by atoms with E-state index in [1.54, 1.807) is 13.2 Å². The lowest BCUT2D eigenvalue weighted by atomic mass is 10.4. The molecular weight excluding hydrogens is 222 g/mol. The Bertz CT molecular complexity index is 334. The molecule has 4 N–H and O–H groups in total. The summed E-state index contributed by atoms with van der Waals surface area (Å²) in [7, 11) is 1.59. The number of rotatable bonds is 8. The van der Waals surface area contributed by atoms with E-state index in [-0.39, 0.29) is 0 Å². The zero-order chi connectivity index (χ0) is 12.5. The summed E-state index contributed by atoms with van der Waals surface area (Å²) in [5.74, 6) is 7.14. The highest BCUT2D eigenvalue weighted by atomic mass is 16.5. The quantitative estimate of drug-likeness (QED) is 0.343. The van der Waals surface area contributed by atoms with Crippen molar-refractivity contribution >= 4 is 11.6 Å². The highest BCUT2D eigenvalue weighted by Crippen LogP contribution is 2.10. The molecule has 1 aromatic rings. The largest absolute Gasteiger partial charge is 0.380 e. The Labute approximate surface area is 101 Å². The molecule has 7 heteroatoms. The Kier molecular flexibility index (Phi) is 6.23. The van der Waals surface area contributed by atoms with Crippen LogP contribution in [0.3, 0.4) is 0 Å². The third-order valence-electron chi connectivity index (χ3n) is 1.95. The zero-order valence-corrected chi connectivity index (χ0v) is 10.2. The van der Waals surface area contributed by atoms with Crippen LogP contribution in [0.2, 0.25) is 0 Å². The van der Waals surface area contributed by atoms with Crippen LogP contribution < -0.4 is 16.6 Å². The van der Waals surface area contributed by atoms with Crippen molar-refractivity contribution in [3.8, 4) is 0 Å². The first-order valence-electron chi connectivity index (χ1n) is 5.45. The van der Waals surface area contributed by atoms with Crippen molar-refractivity contribution in [1.82, 2.24) is 9.97 Å². The molecule has 0 aliphatic heterocycles. The van der Waals surface area contributed by atoms with Crippen molar-refractivity contribution in [3.05, 3.63) is 11.9 Å². The lowest BCUT2D eigenvalue weighted by Gasteiger charge is -2.09. The van der Waals surface area contributed by atoms with Gasteiger partial charge in [-0.1, -0.05) is 0 Å². The molecule has 0 aromatic carbocycles. The van der Waals surface area contributed by atoms with Crippen LogP contribution >= 0.6 is 0 Å². The number of hydrogen-bond acceptors (Lipinski definition) is 7. The van der Waals surface area contributed by atoms with Gasteiger partial charge < -0.3 is 20.2 Å². The Morgan fingerprint density at radius 1 is 1.35 bits per heavy atom. The maximum Gasteiger partial charge on any atom is 0.158 e. The number of ether oxygens (including phenoxy) is 2. The van der Waals surface area contributed by atoms with E-state index in [2.05, 4.69) is 20.7 Å². The van der Waals surface area contributed by atoms with Crippen LogP contribution in [0.4, 0.5) is 11.6 Å². The first kappa shape index (κ1) is 13.6. The topological polar surface area (TPSA) is 94.3 Å². The minimum Gasteiger partial charge on any atom is -0.380 e. The van der Waals surface area contributed by atoms with E-state index in [0.29, 0.717) is 43.8 Å². The van der Waals surface area contributed by atoms with Gasteiger partial charge in [-0.3, -0.25) is 0 Å². The van der Waals surface area contributed by atoms with Crippen molar-refractivity contribution < 1.29 is 9.47 Å². The van der Waals surface area contributed by atoms with Crippen LogP contribution in [0, 0.1) is 0 Å². The van der Waals surface area contributed by atoms with E-state index < -0.39 is 0 Å². The Balaban J connectivity index is 2.59. The SMILES string of the molecule is CCOCCNc1cc(NN)nc(COC)n1. The average molecular weight is 241 g/mol. The Morgan fingerprint density at radius 3 is 2.76 bits per heavy atom. The number of anilines is 2. The van der Waals surface area contributed by atoms with Gasteiger partial charge in [-0.25, -0.2) is 15.8 Å². The standard InChI is InChI=1S/C10H19N5O2/c1-3-17-5-4-12-8-6-9(15-11)14-10(13-8)7-16-2/h6H,3-5,7,11H2,1-2H3,(H2,12,13,14,15). The molecule has 0 amide bonds. The third kappa shape index (κ3) is 4.94. The van der Waals surface area contributed by atoms with Crippen LogP contribution in [-0.4, -0.2) is 36.8 Å². The number of nitrogens with one attached hydrogen (secondary N) is 2. The number of nitrogens with two attached hydrogens (primary N) is 1. The molecule has 0 saturated carbocycles. The molecular formula is C10H19N5O2. The molecule has 0 spiro atoms. The molecule has 0 aliphatic rings. The van der Waals surface area contributed by atoms with Crippen LogP contribution in [-0.2, 0) is 16.1 Å². The molecule has 0 unspecified atom stereocenters. The second-order valence-electron chi connectivity index (χ2n) is 3.26. The molecule has 7 nitrogen and oxygen atoms in total. The fourth-order valence-corrected chi connectivity index (χ4v) is 1.25. The van der Waals surface area contributed by atoms with Gasteiger partial charge in [0.05, 0.1) is 6.61 Å². The maximum absolute atomic E-state index is 5.33. The summed E-state index contributed by atoms with van der Waals surface area (Å²) in [5.41, 5.74) is 2.49. The highest BCUT2D eigenvalue weighted by Gasteiger charge is 2.03. The lowest BCUT2D eigenvalue weighted by Crippen LogP contribution is -2.14. The minimum atomic E-state index is 0.343. The number of aromatic nitrogens is 2. The summed E-state index contributed by atoms with van der Waals surface area (Å²) in [6.07, 6.45) is 0. The lowest BCUT2D eigenvalue weighted by molar-refractivity contribution is 0.158. The van der Waals surface area contributed by atoms with Crippen LogP contribution in [0.15, 0.2) is 6.07 Å². The van der Waals surface area contributed by atoms with E-state index >= 15 is 0 Å². The number of methoxy groups -OCH3 is 1. The monoisotopic (exact) mass is 241 g/mol. The Hall–Kier alpha value is -1.44. The second-order valence-corrected chi connectivity index (χ2v) is 3.26. The van der Waals surface area contributed by atoms with Gasteiger partial charge >= 0.3 is 0 Å². The van der Waals surface area contributed by atoms with Crippen molar-refractivity contribution in [2.24, 2.45) is 5.84 Å². The number of nitrogen functional groups attached to an aromatic ring is 1. The van der Waals surface area contributed by atoms with Crippen molar-refractivity contribution in [2.75, 3.05) is 37.6 Å². The predicted octanol–water partition coefficient (Wildman–Crippen LogP) is 0.357. The fraction of sp³-hybridized carbons (Fsp3) is 0.600. The smallest absolute Gasteiger partial charge is 0.158 e. The molecule has 0 atom stereocenters. The molecule has 0 saturated heterocycles. The van der Waals surface area contributed by atoms with Crippen LogP contribution in [0.25, 0.3) is 0 Å². The van der Waals surface area contributed by atoms with Gasteiger partial charge in [-0.15, -0.1) is 0 Å². The number of nitrogens with zero attached hydrogens (tertiary/aromatic N) is 2. The molecule has 1 heterocycles. The Morgan fingerprint density at radius 2 is 2.12 bits per heavy atom. The summed E-state index contributed by atoms with van der Waals surface area (Å²) in [5, 5.41) is 3.13. The molecule has 17 heavy (non-hydrogen) atoms. The van der Waals surface area contributed by atoms with Gasteiger partial charge in [0.15, 0.2) is 5.82 Å². The third-order valence-corrected chi connectivity index (χ3v) is 1.95. The normalized spacial score (nSPS) is 10.3. The number of hydrazine groups is 1. The van der Waals surface area contributed by atoms with Gasteiger partial charge in [0.25, 0.3) is 0 Å². The van der Waals surface area contributed by atoms with Crippen LogP contribution in [0.1, 0.15) is 12.7 Å². The van der Waals surface area contributed by atoms with Gasteiger partial charge in [0.1, 0.15) is 18.2 Å². The zero-order valence-electron chi connectivity index (χ0n) is 10.2. The summed E-state index contributed by atoms with van der Waals surface area (Å²) in [6, 6.07) is 1.73. The summed E-state index contributed by atoms with van der Waals surface area (Å²) < 4.78 is 10.2. The molecule has 0 fully saturated rings. The average Bonchev–Trinajstić information content (AvgIpc) is 2.35. The van der Waals surface area contributed by atoms with E-state index in [1.165, 1.54) is 0 Å². The summed E-state index contributed by atoms with van der Waals surface area (Å²) in [6.45, 7) is 4.32. The van der Waals surface area contributed by atoms with Crippen LogP contribution in [0.5, 0.6) is 0 Å². The molecule has 1 rings (SSSR count). The molecule has 1 aromatic heterocycles. The predicted molar refractivity (Wildman–Crippen MR) is 65.5 cm³/mol. The maximum atomic E-state index is 5.33. The van der Waals surface area contributed by atoms with Gasteiger partial charge in [0, 0.05) is 26.3 Å². The van der Waals surface area contributed by atoms with E-state index in [0.717, 1.165) is 0 Å². The van der Waals surface area contributed by atoms with Gasteiger partial charge in [-0.05, 0) is 6.92 Å². The van der Waals surface area contributed by atoms with Crippen molar-refractivity contribution in [2.45, 2.75) is 13.5 Å². The molecule has 0 aliphatic carbocycles. The summed E-state index contributed by atoms with van der Waals surface area (Å²) >= 11 is 0. The van der Waals surface area contributed by atoms with E-state index in [4.69, 9.17) is 15.3 Å². The van der Waals surface area contributed by atoms with E-state index in [9.17, 15) is 0 Å². The molecule has 0 bridgehead atoms. The van der Waals surface area contributed by atoms with E-state index in [1.807, 2.05) is 6.92 Å². The second kappa shape index (κ2) is 7.77. The van der Waals surface area contributed by atoms with Crippen molar-refractivity contribution in [3.63, 3.8) is 0 Å². The van der Waals surface area contributed by atoms with Gasteiger partial charge in [0.2, 0.25) is 0 Å². The minimum absolute atomic E-state index is 0.343. The first-order valence-corrected chi connectivity index (χ1v) is 5.45. The highest BCUT2D eigenvalue weighted by molar-refractivity contribution is 5.46. The summed E-state index contributed by atoms with van der Waals surface area (Å²) in [4.78, 5) is 8.41. The molecule has 96 valence electrons.